The summed E-state index contributed by atoms with van der Waals surface area (Å²) in [5.74, 6) is -0.678. The fraction of sp³-hybridized carbons (Fsp3) is 0.250. The number of nitrogens with zero attached hydrogens (tertiary/aromatic N) is 2. The summed E-state index contributed by atoms with van der Waals surface area (Å²) in [7, 11) is 0. The van der Waals surface area contributed by atoms with Crippen molar-refractivity contribution in [1.29, 1.82) is 0 Å². The van der Waals surface area contributed by atoms with Crippen molar-refractivity contribution in [3.8, 4) is 0 Å². The first kappa shape index (κ1) is 18.1. The molecule has 0 aliphatic rings. The van der Waals surface area contributed by atoms with Gasteiger partial charge < -0.3 is 9.30 Å². The standard InChI is InChI=1S/C20H20N2O3S/c1-4-25-18(23)12-22-16-10-7-14(3)11-17(16)26-20(22)21-19(24)15-8-5-13(2)6-9-15/h5-11H,4,12H2,1-3H3. The summed E-state index contributed by atoms with van der Waals surface area (Å²) in [6.07, 6.45) is 0. The highest BCUT2D eigenvalue weighted by molar-refractivity contribution is 7.16. The molecular formula is C20H20N2O3S. The zero-order valence-electron chi connectivity index (χ0n) is 15.0. The number of rotatable bonds is 4. The maximum Gasteiger partial charge on any atom is 0.326 e. The number of aromatic nitrogens is 1. The van der Waals surface area contributed by atoms with Gasteiger partial charge in [-0.05, 0) is 50.6 Å². The van der Waals surface area contributed by atoms with Gasteiger partial charge in [0, 0.05) is 5.56 Å². The maximum atomic E-state index is 12.5. The smallest absolute Gasteiger partial charge is 0.326 e. The molecule has 6 heteroatoms. The van der Waals surface area contributed by atoms with E-state index in [0.29, 0.717) is 17.0 Å². The molecule has 0 aliphatic heterocycles. The Morgan fingerprint density at radius 2 is 1.77 bits per heavy atom. The van der Waals surface area contributed by atoms with Crippen molar-refractivity contribution in [2.45, 2.75) is 27.3 Å². The quantitative estimate of drug-likeness (QED) is 0.661. The van der Waals surface area contributed by atoms with Gasteiger partial charge in [0.2, 0.25) is 0 Å². The van der Waals surface area contributed by atoms with Gasteiger partial charge in [-0.2, -0.15) is 4.99 Å². The van der Waals surface area contributed by atoms with E-state index in [-0.39, 0.29) is 18.4 Å². The molecule has 0 saturated heterocycles. The second-order valence-electron chi connectivity index (χ2n) is 6.03. The Hall–Kier alpha value is -2.73. The molecule has 0 aliphatic carbocycles. The van der Waals surface area contributed by atoms with Crippen LogP contribution in [0.2, 0.25) is 0 Å². The van der Waals surface area contributed by atoms with Crippen LogP contribution in [0.3, 0.4) is 0 Å². The summed E-state index contributed by atoms with van der Waals surface area (Å²) >= 11 is 1.39. The van der Waals surface area contributed by atoms with Crippen LogP contribution < -0.4 is 4.80 Å². The van der Waals surface area contributed by atoms with Crippen LogP contribution in [0.1, 0.15) is 28.4 Å². The number of ether oxygens (including phenoxy) is 1. The highest BCUT2D eigenvalue weighted by atomic mass is 32.1. The molecule has 5 nitrogen and oxygen atoms in total. The fourth-order valence-electron chi connectivity index (χ4n) is 2.60. The molecule has 0 saturated carbocycles. The van der Waals surface area contributed by atoms with E-state index in [2.05, 4.69) is 4.99 Å². The molecule has 1 aromatic heterocycles. The van der Waals surface area contributed by atoms with E-state index in [0.717, 1.165) is 21.3 Å². The number of carbonyl (C=O) groups excluding carboxylic acids is 2. The molecule has 0 N–H and O–H groups in total. The minimum Gasteiger partial charge on any atom is -0.465 e. The number of hydrogen-bond donors (Lipinski definition) is 0. The summed E-state index contributed by atoms with van der Waals surface area (Å²) < 4.78 is 7.78. The summed E-state index contributed by atoms with van der Waals surface area (Å²) in [6.45, 7) is 6.08. The summed E-state index contributed by atoms with van der Waals surface area (Å²) in [6, 6.07) is 13.2. The predicted molar refractivity (Wildman–Crippen MR) is 102 cm³/mol. The molecule has 3 rings (SSSR count). The third-order valence-electron chi connectivity index (χ3n) is 3.93. The third kappa shape index (κ3) is 3.91. The number of amides is 1. The summed E-state index contributed by atoms with van der Waals surface area (Å²) in [5.41, 5.74) is 3.57. The van der Waals surface area contributed by atoms with E-state index in [1.165, 1.54) is 11.3 Å². The monoisotopic (exact) mass is 368 g/mol. The SMILES string of the molecule is CCOC(=O)Cn1c(=NC(=O)c2ccc(C)cc2)sc2cc(C)ccc21. The average Bonchev–Trinajstić information content (AvgIpc) is 2.92. The van der Waals surface area contributed by atoms with Crippen LogP contribution in [0.25, 0.3) is 10.2 Å². The van der Waals surface area contributed by atoms with Gasteiger partial charge in [0.25, 0.3) is 5.91 Å². The lowest BCUT2D eigenvalue weighted by Gasteiger charge is -2.05. The van der Waals surface area contributed by atoms with E-state index in [9.17, 15) is 9.59 Å². The number of fused-ring (bicyclic) bond motifs is 1. The number of hydrogen-bond acceptors (Lipinski definition) is 4. The highest BCUT2D eigenvalue weighted by Gasteiger charge is 2.13. The van der Waals surface area contributed by atoms with Gasteiger partial charge in [0.15, 0.2) is 4.80 Å². The van der Waals surface area contributed by atoms with Gasteiger partial charge in [-0.25, -0.2) is 0 Å². The molecule has 0 fully saturated rings. The van der Waals surface area contributed by atoms with Crippen molar-refractivity contribution in [2.75, 3.05) is 6.61 Å². The fourth-order valence-corrected chi connectivity index (χ4v) is 3.73. The van der Waals surface area contributed by atoms with Gasteiger partial charge in [-0.3, -0.25) is 9.59 Å². The lowest BCUT2D eigenvalue weighted by Crippen LogP contribution is -2.23. The van der Waals surface area contributed by atoms with Crippen LogP contribution in [0.5, 0.6) is 0 Å². The maximum absolute atomic E-state index is 12.5. The largest absolute Gasteiger partial charge is 0.465 e. The zero-order chi connectivity index (χ0) is 18.7. The van der Waals surface area contributed by atoms with E-state index >= 15 is 0 Å². The minimum atomic E-state index is -0.350. The molecule has 0 radical (unpaired) electrons. The Morgan fingerprint density at radius 1 is 1.08 bits per heavy atom. The molecule has 0 bridgehead atoms. The van der Waals surface area contributed by atoms with Crippen molar-refractivity contribution in [3.63, 3.8) is 0 Å². The topological polar surface area (TPSA) is 60.7 Å². The van der Waals surface area contributed by atoms with Crippen LogP contribution >= 0.6 is 11.3 Å². The van der Waals surface area contributed by atoms with Crippen molar-refractivity contribution in [2.24, 2.45) is 4.99 Å². The molecule has 2 aromatic carbocycles. The summed E-state index contributed by atoms with van der Waals surface area (Å²) in [4.78, 5) is 29.3. The number of carbonyl (C=O) groups is 2. The van der Waals surface area contributed by atoms with Crippen LogP contribution in [0, 0.1) is 13.8 Å². The molecule has 0 atom stereocenters. The Labute approximate surface area is 155 Å². The van der Waals surface area contributed by atoms with Crippen molar-refractivity contribution in [1.82, 2.24) is 4.57 Å². The van der Waals surface area contributed by atoms with Gasteiger partial charge in [0.1, 0.15) is 6.54 Å². The Morgan fingerprint density at radius 3 is 2.46 bits per heavy atom. The normalized spacial score (nSPS) is 11.7. The number of esters is 1. The molecule has 0 spiro atoms. The Bertz CT molecular complexity index is 1030. The predicted octanol–water partition coefficient (Wildman–Crippen LogP) is 3.62. The lowest BCUT2D eigenvalue weighted by atomic mass is 10.1. The molecule has 134 valence electrons. The number of thiazole rings is 1. The first-order valence-corrected chi connectivity index (χ1v) is 9.21. The average molecular weight is 368 g/mol. The second-order valence-corrected chi connectivity index (χ2v) is 7.04. The second kappa shape index (κ2) is 7.66. The molecule has 1 heterocycles. The zero-order valence-corrected chi connectivity index (χ0v) is 15.8. The van der Waals surface area contributed by atoms with Crippen molar-refractivity contribution < 1.29 is 14.3 Å². The molecule has 26 heavy (non-hydrogen) atoms. The van der Waals surface area contributed by atoms with E-state index in [4.69, 9.17) is 4.74 Å². The van der Waals surface area contributed by atoms with Gasteiger partial charge in [0.05, 0.1) is 16.8 Å². The van der Waals surface area contributed by atoms with Gasteiger partial charge >= 0.3 is 5.97 Å². The first-order valence-electron chi connectivity index (χ1n) is 8.39. The highest BCUT2D eigenvalue weighted by Crippen LogP contribution is 2.19. The lowest BCUT2D eigenvalue weighted by molar-refractivity contribution is -0.143. The van der Waals surface area contributed by atoms with E-state index < -0.39 is 0 Å². The molecule has 1 amide bonds. The van der Waals surface area contributed by atoms with Crippen LogP contribution in [-0.4, -0.2) is 23.1 Å². The van der Waals surface area contributed by atoms with Gasteiger partial charge in [-0.15, -0.1) is 0 Å². The molecule has 0 unspecified atom stereocenters. The minimum absolute atomic E-state index is 0.0247. The number of aryl methyl sites for hydroxylation is 2. The molecular weight excluding hydrogens is 348 g/mol. The third-order valence-corrected chi connectivity index (χ3v) is 4.97. The molecule has 3 aromatic rings. The first-order chi connectivity index (χ1) is 12.5. The van der Waals surface area contributed by atoms with Crippen LogP contribution in [-0.2, 0) is 16.1 Å². The van der Waals surface area contributed by atoms with Crippen LogP contribution in [0.4, 0.5) is 0 Å². The Kier molecular flexibility index (Phi) is 5.32. The van der Waals surface area contributed by atoms with Crippen molar-refractivity contribution in [3.05, 3.63) is 64.0 Å². The van der Waals surface area contributed by atoms with Crippen molar-refractivity contribution >= 4 is 33.4 Å². The van der Waals surface area contributed by atoms with E-state index in [1.54, 1.807) is 23.6 Å². The van der Waals surface area contributed by atoms with E-state index in [1.807, 2.05) is 44.2 Å². The number of benzene rings is 2. The van der Waals surface area contributed by atoms with Gasteiger partial charge in [-0.1, -0.05) is 35.1 Å². The van der Waals surface area contributed by atoms with Crippen LogP contribution in [0.15, 0.2) is 47.5 Å². The Balaban J connectivity index is 2.09. The summed E-state index contributed by atoms with van der Waals surface area (Å²) in [5, 5.41) is 0.